The van der Waals surface area contributed by atoms with Crippen molar-refractivity contribution < 1.29 is 14.3 Å². The van der Waals surface area contributed by atoms with E-state index in [1.54, 1.807) is 22.9 Å². The SMILES string of the molecule is COc1cc(CC(=O)N2C[C@H](C(N)=O)[C@@H](c3cnn(C)c3)C2)ccc1C. The molecule has 2 heterocycles. The summed E-state index contributed by atoms with van der Waals surface area (Å²) < 4.78 is 7.01. The van der Waals surface area contributed by atoms with Crippen LogP contribution >= 0.6 is 0 Å². The molecule has 7 nitrogen and oxygen atoms in total. The Labute approximate surface area is 152 Å². The molecule has 0 spiro atoms. The molecule has 2 amide bonds. The van der Waals surface area contributed by atoms with E-state index < -0.39 is 5.92 Å². The van der Waals surface area contributed by atoms with E-state index in [1.165, 1.54) is 0 Å². The van der Waals surface area contributed by atoms with Gasteiger partial charge in [-0.3, -0.25) is 14.3 Å². The molecule has 1 aromatic heterocycles. The van der Waals surface area contributed by atoms with Gasteiger partial charge in [-0.2, -0.15) is 5.10 Å². The smallest absolute Gasteiger partial charge is 0.227 e. The Hall–Kier alpha value is -2.83. The molecule has 1 aliphatic heterocycles. The zero-order chi connectivity index (χ0) is 18.8. The molecule has 2 aromatic rings. The van der Waals surface area contributed by atoms with Crippen molar-refractivity contribution in [3.05, 3.63) is 47.3 Å². The number of carbonyl (C=O) groups excluding carboxylic acids is 2. The molecular weight excluding hydrogens is 332 g/mol. The number of hydrogen-bond acceptors (Lipinski definition) is 4. The van der Waals surface area contributed by atoms with Crippen molar-refractivity contribution in [3.63, 3.8) is 0 Å². The van der Waals surface area contributed by atoms with Gasteiger partial charge in [-0.25, -0.2) is 0 Å². The van der Waals surface area contributed by atoms with Crippen LogP contribution in [0.4, 0.5) is 0 Å². The second-order valence-corrected chi connectivity index (χ2v) is 6.84. The third-order valence-electron chi connectivity index (χ3n) is 5.02. The van der Waals surface area contributed by atoms with Crippen LogP contribution in [0.3, 0.4) is 0 Å². The van der Waals surface area contributed by atoms with Crippen LogP contribution in [0.25, 0.3) is 0 Å². The zero-order valence-electron chi connectivity index (χ0n) is 15.3. The summed E-state index contributed by atoms with van der Waals surface area (Å²) in [5.74, 6) is -0.145. The third-order valence-corrected chi connectivity index (χ3v) is 5.02. The van der Waals surface area contributed by atoms with E-state index in [0.717, 1.165) is 22.4 Å². The molecule has 26 heavy (non-hydrogen) atoms. The predicted molar refractivity (Wildman–Crippen MR) is 96.6 cm³/mol. The van der Waals surface area contributed by atoms with E-state index in [9.17, 15) is 9.59 Å². The maximum Gasteiger partial charge on any atom is 0.227 e. The Morgan fingerprint density at radius 1 is 1.35 bits per heavy atom. The first-order valence-electron chi connectivity index (χ1n) is 8.58. The summed E-state index contributed by atoms with van der Waals surface area (Å²) in [5.41, 5.74) is 8.43. The third kappa shape index (κ3) is 3.56. The van der Waals surface area contributed by atoms with E-state index in [-0.39, 0.29) is 24.2 Å². The number of rotatable bonds is 5. The number of ether oxygens (including phenoxy) is 1. The second-order valence-electron chi connectivity index (χ2n) is 6.84. The highest BCUT2D eigenvalue weighted by molar-refractivity contribution is 5.83. The Kier molecular flexibility index (Phi) is 4.97. The monoisotopic (exact) mass is 356 g/mol. The van der Waals surface area contributed by atoms with Crippen molar-refractivity contribution in [2.75, 3.05) is 20.2 Å². The molecule has 1 aromatic carbocycles. The summed E-state index contributed by atoms with van der Waals surface area (Å²) in [4.78, 5) is 26.4. The van der Waals surface area contributed by atoms with Crippen LogP contribution in [0, 0.1) is 12.8 Å². The molecule has 0 unspecified atom stereocenters. The van der Waals surface area contributed by atoms with Crippen LogP contribution in [0.2, 0.25) is 0 Å². The van der Waals surface area contributed by atoms with Crippen LogP contribution in [0.1, 0.15) is 22.6 Å². The molecule has 1 saturated heterocycles. The molecule has 0 radical (unpaired) electrons. The lowest BCUT2D eigenvalue weighted by Crippen LogP contribution is -2.32. The first-order chi connectivity index (χ1) is 12.4. The Bertz CT molecular complexity index is 830. The minimum Gasteiger partial charge on any atom is -0.496 e. The number of aromatic nitrogens is 2. The zero-order valence-corrected chi connectivity index (χ0v) is 15.3. The number of amides is 2. The van der Waals surface area contributed by atoms with Crippen LogP contribution in [0.15, 0.2) is 30.6 Å². The fourth-order valence-corrected chi connectivity index (χ4v) is 3.53. The van der Waals surface area contributed by atoms with E-state index in [4.69, 9.17) is 10.5 Å². The van der Waals surface area contributed by atoms with Crippen LogP contribution < -0.4 is 10.5 Å². The van der Waals surface area contributed by atoms with Gasteiger partial charge in [0.1, 0.15) is 5.75 Å². The number of hydrogen-bond donors (Lipinski definition) is 1. The number of methoxy groups -OCH3 is 1. The van der Waals surface area contributed by atoms with E-state index in [2.05, 4.69) is 5.10 Å². The van der Waals surface area contributed by atoms with Crippen LogP contribution in [-0.2, 0) is 23.1 Å². The largest absolute Gasteiger partial charge is 0.496 e. The normalized spacial score (nSPS) is 19.6. The lowest BCUT2D eigenvalue weighted by molar-refractivity contribution is -0.129. The number of primary amides is 1. The first-order valence-corrected chi connectivity index (χ1v) is 8.58. The topological polar surface area (TPSA) is 90.4 Å². The molecule has 1 aliphatic rings. The summed E-state index contributed by atoms with van der Waals surface area (Å²) in [7, 11) is 3.44. The molecule has 2 N–H and O–H groups in total. The highest BCUT2D eigenvalue weighted by atomic mass is 16.5. The fourth-order valence-electron chi connectivity index (χ4n) is 3.53. The van der Waals surface area contributed by atoms with E-state index >= 15 is 0 Å². The molecule has 1 fully saturated rings. The van der Waals surface area contributed by atoms with Gasteiger partial charge in [-0.15, -0.1) is 0 Å². The van der Waals surface area contributed by atoms with Gasteiger partial charge in [0.2, 0.25) is 11.8 Å². The van der Waals surface area contributed by atoms with Crippen LogP contribution in [-0.4, -0.2) is 46.7 Å². The summed E-state index contributed by atoms with van der Waals surface area (Å²) >= 11 is 0. The lowest BCUT2D eigenvalue weighted by Gasteiger charge is -2.16. The first kappa shape index (κ1) is 18.0. The quantitative estimate of drug-likeness (QED) is 0.866. The number of nitrogens with two attached hydrogens (primary N) is 1. The number of carbonyl (C=O) groups is 2. The molecule has 2 atom stereocenters. The van der Waals surface area contributed by atoms with Gasteiger partial charge >= 0.3 is 0 Å². The van der Waals surface area contributed by atoms with Crippen LogP contribution in [0.5, 0.6) is 5.75 Å². The van der Waals surface area contributed by atoms with Gasteiger partial charge in [0.15, 0.2) is 0 Å². The van der Waals surface area contributed by atoms with Crippen molar-refractivity contribution in [2.45, 2.75) is 19.3 Å². The van der Waals surface area contributed by atoms with Crippen molar-refractivity contribution in [1.29, 1.82) is 0 Å². The Morgan fingerprint density at radius 2 is 2.12 bits per heavy atom. The molecule has 138 valence electrons. The number of benzene rings is 1. The Morgan fingerprint density at radius 3 is 2.73 bits per heavy atom. The lowest BCUT2D eigenvalue weighted by atomic mass is 9.90. The standard InChI is InChI=1S/C19H24N4O3/c1-12-4-5-13(6-17(12)26-3)7-18(24)23-10-15(16(11-23)19(20)25)14-8-21-22(2)9-14/h4-6,8-9,15-16H,7,10-11H2,1-3H3,(H2,20,25)/t15-,16+/m1/s1. The van der Waals surface area contributed by atoms with Gasteiger partial charge in [0.05, 0.1) is 25.6 Å². The highest BCUT2D eigenvalue weighted by Crippen LogP contribution is 2.32. The van der Waals surface area contributed by atoms with Crippen molar-refractivity contribution in [2.24, 2.45) is 18.7 Å². The summed E-state index contributed by atoms with van der Waals surface area (Å²) in [6.07, 6.45) is 3.88. The molecule has 0 bridgehead atoms. The average molecular weight is 356 g/mol. The van der Waals surface area contributed by atoms with Gasteiger partial charge in [-0.1, -0.05) is 12.1 Å². The number of nitrogens with zero attached hydrogens (tertiary/aromatic N) is 3. The van der Waals surface area contributed by atoms with Gasteiger partial charge in [0, 0.05) is 32.3 Å². The summed E-state index contributed by atoms with van der Waals surface area (Å²) in [5, 5.41) is 4.17. The second kappa shape index (κ2) is 7.19. The summed E-state index contributed by atoms with van der Waals surface area (Å²) in [6.45, 7) is 2.78. The Balaban J connectivity index is 1.75. The van der Waals surface area contributed by atoms with Crippen molar-refractivity contribution in [3.8, 4) is 5.75 Å². The highest BCUT2D eigenvalue weighted by Gasteiger charge is 2.39. The minimum atomic E-state index is -0.393. The predicted octanol–water partition coefficient (Wildman–Crippen LogP) is 1.01. The molecule has 0 aliphatic carbocycles. The number of likely N-dealkylation sites (tertiary alicyclic amines) is 1. The minimum absolute atomic E-state index is 0.0199. The summed E-state index contributed by atoms with van der Waals surface area (Å²) in [6, 6.07) is 5.75. The molecule has 0 saturated carbocycles. The average Bonchev–Trinajstić information content (AvgIpc) is 3.22. The molecular formula is C19H24N4O3. The molecule has 7 heteroatoms. The van der Waals surface area contributed by atoms with Crippen molar-refractivity contribution in [1.82, 2.24) is 14.7 Å². The van der Waals surface area contributed by atoms with Gasteiger partial charge < -0.3 is 15.4 Å². The molecule has 3 rings (SSSR count). The van der Waals surface area contributed by atoms with E-state index in [1.807, 2.05) is 38.4 Å². The van der Waals surface area contributed by atoms with Gasteiger partial charge in [0.25, 0.3) is 0 Å². The number of aryl methyl sites for hydroxylation is 2. The maximum atomic E-state index is 12.8. The van der Waals surface area contributed by atoms with Gasteiger partial charge in [-0.05, 0) is 29.7 Å². The van der Waals surface area contributed by atoms with E-state index in [0.29, 0.717) is 13.1 Å². The van der Waals surface area contributed by atoms with Crippen molar-refractivity contribution >= 4 is 11.8 Å². The maximum absolute atomic E-state index is 12.8. The fraction of sp³-hybridized carbons (Fsp3) is 0.421.